The maximum Gasteiger partial charge on any atom is 0.373 e. The number of hydrogen-bond acceptors (Lipinski definition) is 11. The van der Waals surface area contributed by atoms with E-state index in [1.54, 1.807) is 0 Å². The van der Waals surface area contributed by atoms with Crippen LogP contribution in [-0.2, 0) is 38.4 Å². The second-order valence-electron chi connectivity index (χ2n) is 6.51. The Bertz CT molecular complexity index is 775. The predicted octanol–water partition coefficient (Wildman–Crippen LogP) is -1.65. The average molecular weight is 525 g/mol. The summed E-state index contributed by atoms with van der Waals surface area (Å²) in [6.45, 7) is 1.95. The number of carbonyl (C=O) groups is 6. The highest BCUT2D eigenvalue weighted by Crippen LogP contribution is 2.36. The van der Waals surface area contributed by atoms with E-state index in [9.17, 15) is 33.9 Å². The van der Waals surface area contributed by atoms with E-state index in [4.69, 9.17) is 9.59 Å². The molecule has 0 aliphatic carbocycles. The summed E-state index contributed by atoms with van der Waals surface area (Å²) in [5.41, 5.74) is 0. The molecule has 4 amide bonds. The molecule has 5 N–H and O–H groups in total. The van der Waals surface area contributed by atoms with Gasteiger partial charge in [-0.15, -0.1) is 0 Å². The quantitative estimate of drug-likeness (QED) is 0.263. The SMILES string of the molecule is CC(=O)C[C@H]1CSSSC[C@@H](C(=O)O)NC(=O)CNC(=O)CNC(=O)[C@H](C)NC1=O.O=C=O. The highest BCUT2D eigenvalue weighted by molar-refractivity contribution is 9.09. The van der Waals surface area contributed by atoms with Gasteiger partial charge in [0.05, 0.1) is 19.0 Å². The molecule has 3 atom stereocenters. The lowest BCUT2D eigenvalue weighted by Gasteiger charge is -2.19. The third kappa shape index (κ3) is 14.3. The first-order chi connectivity index (χ1) is 15.5. The Labute approximate surface area is 200 Å². The van der Waals surface area contributed by atoms with Crippen molar-refractivity contribution in [2.75, 3.05) is 24.6 Å². The van der Waals surface area contributed by atoms with Crippen molar-refractivity contribution in [3.05, 3.63) is 0 Å². The van der Waals surface area contributed by atoms with Gasteiger partial charge in [0, 0.05) is 17.9 Å². The van der Waals surface area contributed by atoms with Gasteiger partial charge in [0.2, 0.25) is 23.6 Å². The van der Waals surface area contributed by atoms with Crippen LogP contribution in [0.3, 0.4) is 0 Å². The van der Waals surface area contributed by atoms with E-state index in [0.29, 0.717) is 0 Å². The van der Waals surface area contributed by atoms with Crippen LogP contribution in [0.15, 0.2) is 0 Å². The molecule has 1 saturated heterocycles. The fraction of sp³-hybridized carbons (Fsp3) is 0.588. The molecule has 1 aliphatic rings. The first kappa shape index (κ1) is 30.4. The van der Waals surface area contributed by atoms with Gasteiger partial charge in [0.15, 0.2) is 0 Å². The van der Waals surface area contributed by atoms with Crippen molar-refractivity contribution in [1.82, 2.24) is 21.3 Å². The fourth-order valence-corrected chi connectivity index (χ4v) is 6.22. The average Bonchev–Trinajstić information content (AvgIpc) is 2.73. The van der Waals surface area contributed by atoms with Crippen LogP contribution in [0.1, 0.15) is 20.3 Å². The summed E-state index contributed by atoms with van der Waals surface area (Å²) in [4.78, 5) is 87.2. The van der Waals surface area contributed by atoms with Crippen LogP contribution in [0, 0.1) is 5.92 Å². The lowest BCUT2D eigenvalue weighted by molar-refractivity contribution is -0.191. The lowest BCUT2D eigenvalue weighted by Crippen LogP contribution is -2.50. The number of carbonyl (C=O) groups excluding carboxylic acids is 7. The Kier molecular flexibility index (Phi) is 15.7. The monoisotopic (exact) mass is 524 g/mol. The number of Topliss-reactive ketones (excluding diaryl/α,β-unsaturated/α-hetero) is 1. The largest absolute Gasteiger partial charge is 0.480 e. The second kappa shape index (κ2) is 17.0. The van der Waals surface area contributed by atoms with Gasteiger partial charge >= 0.3 is 12.1 Å². The van der Waals surface area contributed by atoms with Crippen LogP contribution in [-0.4, -0.2) is 83.3 Å². The van der Waals surface area contributed by atoms with E-state index < -0.39 is 60.7 Å². The summed E-state index contributed by atoms with van der Waals surface area (Å²) in [7, 11) is 3.68. The Hall–Kier alpha value is -2.55. The molecule has 184 valence electrons. The summed E-state index contributed by atoms with van der Waals surface area (Å²) < 4.78 is 0. The fourth-order valence-electron chi connectivity index (χ4n) is 2.19. The van der Waals surface area contributed by atoms with E-state index in [2.05, 4.69) is 21.3 Å². The lowest BCUT2D eigenvalue weighted by atomic mass is 10.0. The molecule has 1 heterocycles. The van der Waals surface area contributed by atoms with Gasteiger partial charge in [-0.3, -0.25) is 19.2 Å². The number of rotatable bonds is 3. The van der Waals surface area contributed by atoms with Crippen molar-refractivity contribution in [2.24, 2.45) is 5.92 Å². The van der Waals surface area contributed by atoms with Gasteiger partial charge in [0.25, 0.3) is 0 Å². The zero-order valence-electron chi connectivity index (χ0n) is 17.7. The van der Waals surface area contributed by atoms with Gasteiger partial charge in [0.1, 0.15) is 17.9 Å². The molecule has 0 spiro atoms. The molecule has 1 aliphatic heterocycles. The summed E-state index contributed by atoms with van der Waals surface area (Å²) in [5.74, 6) is -4.15. The van der Waals surface area contributed by atoms with Crippen molar-refractivity contribution >= 4 is 72.9 Å². The Morgan fingerprint density at radius 2 is 1.55 bits per heavy atom. The van der Waals surface area contributed by atoms with Crippen LogP contribution < -0.4 is 21.3 Å². The first-order valence-electron chi connectivity index (χ1n) is 9.28. The van der Waals surface area contributed by atoms with Crippen LogP contribution in [0.4, 0.5) is 0 Å². The molecule has 13 nitrogen and oxygen atoms in total. The molecule has 0 aromatic carbocycles. The highest BCUT2D eigenvalue weighted by Gasteiger charge is 2.25. The molecule has 0 aromatic heterocycles. The van der Waals surface area contributed by atoms with Crippen molar-refractivity contribution in [3.8, 4) is 0 Å². The second-order valence-corrected chi connectivity index (χ2v) is 10.8. The smallest absolute Gasteiger partial charge is 0.373 e. The van der Waals surface area contributed by atoms with Crippen LogP contribution in [0.5, 0.6) is 0 Å². The van der Waals surface area contributed by atoms with Gasteiger partial charge < -0.3 is 31.2 Å². The van der Waals surface area contributed by atoms with Crippen LogP contribution in [0.25, 0.3) is 0 Å². The summed E-state index contributed by atoms with van der Waals surface area (Å²) in [6, 6.07) is -2.09. The van der Waals surface area contributed by atoms with E-state index in [1.165, 1.54) is 45.3 Å². The third-order valence-corrected chi connectivity index (χ3v) is 8.09. The molecular formula is C17H24N4O9S3. The molecule has 0 aromatic rings. The molecule has 33 heavy (non-hydrogen) atoms. The van der Waals surface area contributed by atoms with Gasteiger partial charge in [-0.1, -0.05) is 21.6 Å². The number of amides is 4. The summed E-state index contributed by atoms with van der Waals surface area (Å²) in [5, 5.41) is 18.7. The molecule has 0 unspecified atom stereocenters. The zero-order valence-corrected chi connectivity index (χ0v) is 20.2. The van der Waals surface area contributed by atoms with Crippen molar-refractivity contribution in [3.63, 3.8) is 0 Å². The number of nitrogens with one attached hydrogen (secondary N) is 4. The normalized spacial score (nSPS) is 23.5. The maximum atomic E-state index is 12.5. The van der Waals surface area contributed by atoms with Crippen molar-refractivity contribution in [2.45, 2.75) is 32.4 Å². The minimum Gasteiger partial charge on any atom is -0.480 e. The molecule has 1 fully saturated rings. The zero-order chi connectivity index (χ0) is 25.4. The van der Waals surface area contributed by atoms with Gasteiger partial charge in [-0.25, -0.2) is 4.79 Å². The number of carboxylic acid groups (broad SMARTS) is 1. The number of carboxylic acids is 1. The minimum atomic E-state index is -1.22. The molecule has 0 radical (unpaired) electrons. The molecule has 0 saturated carbocycles. The minimum absolute atomic E-state index is 0.00534. The standard InChI is InChI=1S/C16H24N4O7S3.CO2/c1-8(21)3-10-6-28-30-29-7-11(16(26)27)20-13(23)5-17-12(22)4-18-14(24)9(2)19-15(10)25;2-1-3/h9-11H,3-7H2,1-2H3,(H,17,22)(H,18,24)(H,19,25)(H,20,23)(H,26,27);/t9-,10-,11-;/m0./s1. The number of ketones is 1. The van der Waals surface area contributed by atoms with E-state index in [-0.39, 0.29) is 29.9 Å². The number of aliphatic carboxylic acids is 1. The van der Waals surface area contributed by atoms with E-state index in [0.717, 1.165) is 0 Å². The predicted molar refractivity (Wildman–Crippen MR) is 119 cm³/mol. The summed E-state index contributed by atoms with van der Waals surface area (Å²) in [6.07, 6.45) is 0.245. The highest BCUT2D eigenvalue weighted by atomic mass is 33.5. The van der Waals surface area contributed by atoms with Gasteiger partial charge in [-0.05, 0) is 23.7 Å². The van der Waals surface area contributed by atoms with Crippen molar-refractivity contribution < 1.29 is 43.5 Å². The molecule has 0 bridgehead atoms. The Balaban J connectivity index is 0.00000322. The molecular weight excluding hydrogens is 500 g/mol. The van der Waals surface area contributed by atoms with E-state index >= 15 is 0 Å². The van der Waals surface area contributed by atoms with Crippen molar-refractivity contribution in [1.29, 1.82) is 0 Å². The summed E-state index contributed by atoms with van der Waals surface area (Å²) >= 11 is 0. The first-order valence-corrected chi connectivity index (χ1v) is 13.1. The van der Waals surface area contributed by atoms with Crippen LogP contribution in [0.2, 0.25) is 0 Å². The van der Waals surface area contributed by atoms with Gasteiger partial charge in [-0.2, -0.15) is 9.59 Å². The topological polar surface area (TPSA) is 205 Å². The molecule has 16 heteroatoms. The van der Waals surface area contributed by atoms with Crippen LogP contribution >= 0.6 is 31.4 Å². The molecule has 1 rings (SSSR count). The third-order valence-electron chi connectivity index (χ3n) is 3.76. The Morgan fingerprint density at radius 3 is 2.12 bits per heavy atom. The number of hydrogen-bond donors (Lipinski definition) is 5. The Morgan fingerprint density at radius 1 is 0.970 bits per heavy atom. The maximum absolute atomic E-state index is 12.5. The van der Waals surface area contributed by atoms with E-state index in [1.807, 2.05) is 0 Å².